The fraction of sp³-hybridized carbons (Fsp3) is 0.188. The quantitative estimate of drug-likeness (QED) is 0.486. The Hall–Kier alpha value is -1.72. The number of oxime groups is 1. The van der Waals surface area contributed by atoms with E-state index in [1.165, 1.54) is 19.1 Å². The molecule has 2 rings (SSSR count). The lowest BCUT2D eigenvalue weighted by Gasteiger charge is -2.13. The maximum Gasteiger partial charge on any atom is 0.417 e. The topological polar surface area (TPSA) is 21.6 Å². The van der Waals surface area contributed by atoms with Gasteiger partial charge in [-0.3, -0.25) is 0 Å². The van der Waals surface area contributed by atoms with Crippen LogP contribution in [0.1, 0.15) is 23.6 Å². The van der Waals surface area contributed by atoms with Gasteiger partial charge in [0.1, 0.15) is 6.61 Å². The summed E-state index contributed by atoms with van der Waals surface area (Å²) in [4.78, 5) is 5.12. The zero-order valence-corrected chi connectivity index (χ0v) is 13.5. The van der Waals surface area contributed by atoms with Crippen LogP contribution in [0.15, 0.2) is 47.6 Å². The summed E-state index contributed by atoms with van der Waals surface area (Å²) in [5.41, 5.74) is -0.173. The largest absolute Gasteiger partial charge is 0.417 e. The van der Waals surface area contributed by atoms with Gasteiger partial charge >= 0.3 is 6.18 Å². The third-order valence-electron chi connectivity index (χ3n) is 3.06. The Morgan fingerprint density at radius 3 is 2.48 bits per heavy atom. The molecule has 0 amide bonds. The van der Waals surface area contributed by atoms with Crippen molar-refractivity contribution in [1.82, 2.24) is 0 Å². The maximum atomic E-state index is 13.0. The Morgan fingerprint density at radius 2 is 1.83 bits per heavy atom. The Morgan fingerprint density at radius 1 is 1.13 bits per heavy atom. The molecular formula is C16H12Cl2F3NO. The van der Waals surface area contributed by atoms with E-state index in [0.29, 0.717) is 10.6 Å². The van der Waals surface area contributed by atoms with Gasteiger partial charge in [-0.2, -0.15) is 13.2 Å². The predicted molar refractivity (Wildman–Crippen MR) is 84.9 cm³/mol. The monoisotopic (exact) mass is 361 g/mol. The zero-order valence-electron chi connectivity index (χ0n) is 12.0. The summed E-state index contributed by atoms with van der Waals surface area (Å²) >= 11 is 11.7. The van der Waals surface area contributed by atoms with Crippen molar-refractivity contribution in [2.75, 3.05) is 0 Å². The standard InChI is InChI=1S/C16H12Cl2F3NO/c1-10(22-23-9-11-4-2-3-5-15(11)18)13-8-12(17)6-7-14(13)16(19,20)21/h2-8H,9H2,1H3/b22-10+. The molecule has 0 aliphatic carbocycles. The SMILES string of the molecule is C/C(=N\OCc1ccccc1Cl)c1cc(Cl)ccc1C(F)(F)F. The molecule has 0 bridgehead atoms. The lowest BCUT2D eigenvalue weighted by molar-refractivity contribution is -0.137. The molecule has 0 N–H and O–H groups in total. The van der Waals surface area contributed by atoms with Gasteiger partial charge in [-0.1, -0.05) is 46.6 Å². The summed E-state index contributed by atoms with van der Waals surface area (Å²) in [6.07, 6.45) is -4.50. The Kier molecular flexibility index (Phi) is 5.55. The number of rotatable bonds is 4. The van der Waals surface area contributed by atoms with Crippen LogP contribution in [0, 0.1) is 0 Å². The summed E-state index contributed by atoms with van der Waals surface area (Å²) in [6.45, 7) is 1.48. The average Bonchev–Trinajstić information content (AvgIpc) is 2.47. The van der Waals surface area contributed by atoms with Gasteiger partial charge in [0.05, 0.1) is 11.3 Å². The van der Waals surface area contributed by atoms with Gasteiger partial charge in [-0.15, -0.1) is 0 Å². The number of hydrogen-bond donors (Lipinski definition) is 0. The Balaban J connectivity index is 2.21. The summed E-state index contributed by atoms with van der Waals surface area (Å²) in [5.74, 6) is 0. The van der Waals surface area contributed by atoms with E-state index in [2.05, 4.69) is 5.16 Å². The van der Waals surface area contributed by atoms with Crippen LogP contribution in [0.3, 0.4) is 0 Å². The molecule has 0 radical (unpaired) electrons. The van der Waals surface area contributed by atoms with Crippen LogP contribution < -0.4 is 0 Å². The molecule has 0 aliphatic rings. The lowest BCUT2D eigenvalue weighted by Crippen LogP contribution is -2.12. The second kappa shape index (κ2) is 7.23. The Labute approximate surface area is 141 Å². The minimum atomic E-state index is -4.50. The first kappa shape index (κ1) is 17.6. The van der Waals surface area contributed by atoms with Crippen LogP contribution in [0.4, 0.5) is 13.2 Å². The fourth-order valence-electron chi connectivity index (χ4n) is 1.93. The van der Waals surface area contributed by atoms with Crippen molar-refractivity contribution in [3.05, 3.63) is 69.2 Å². The molecule has 0 unspecified atom stereocenters. The highest BCUT2D eigenvalue weighted by molar-refractivity contribution is 6.31. The molecule has 0 heterocycles. The third kappa shape index (κ3) is 4.62. The van der Waals surface area contributed by atoms with E-state index in [1.807, 2.05) is 0 Å². The first-order valence-corrected chi connectivity index (χ1v) is 7.31. The third-order valence-corrected chi connectivity index (χ3v) is 3.66. The molecule has 2 aromatic rings. The summed E-state index contributed by atoms with van der Waals surface area (Å²) in [6, 6.07) is 10.3. The van der Waals surface area contributed by atoms with Crippen molar-refractivity contribution in [3.8, 4) is 0 Å². The second-order valence-electron chi connectivity index (χ2n) is 4.73. The van der Waals surface area contributed by atoms with Gasteiger partial charge < -0.3 is 4.84 Å². The highest BCUT2D eigenvalue weighted by Gasteiger charge is 2.34. The number of alkyl halides is 3. The van der Waals surface area contributed by atoms with E-state index >= 15 is 0 Å². The molecule has 122 valence electrons. The maximum absolute atomic E-state index is 13.0. The van der Waals surface area contributed by atoms with Gasteiger partial charge in [0.2, 0.25) is 0 Å². The fourth-order valence-corrected chi connectivity index (χ4v) is 2.29. The predicted octanol–water partition coefficient (Wildman–Crippen LogP) is 5.95. The van der Waals surface area contributed by atoms with Gasteiger partial charge in [0.15, 0.2) is 0 Å². The van der Waals surface area contributed by atoms with Crippen molar-refractivity contribution in [2.45, 2.75) is 19.7 Å². The molecule has 0 aromatic heterocycles. The van der Waals surface area contributed by atoms with Crippen molar-refractivity contribution in [2.24, 2.45) is 5.16 Å². The average molecular weight is 362 g/mol. The number of hydrogen-bond acceptors (Lipinski definition) is 2. The molecule has 0 fully saturated rings. The van der Waals surface area contributed by atoms with E-state index in [4.69, 9.17) is 28.0 Å². The van der Waals surface area contributed by atoms with Crippen LogP contribution in [0.25, 0.3) is 0 Å². The molecule has 0 spiro atoms. The molecular weight excluding hydrogens is 350 g/mol. The van der Waals surface area contributed by atoms with E-state index < -0.39 is 11.7 Å². The van der Waals surface area contributed by atoms with Crippen LogP contribution in [0.5, 0.6) is 0 Å². The summed E-state index contributed by atoms with van der Waals surface area (Å²) < 4.78 is 39.1. The highest BCUT2D eigenvalue weighted by Crippen LogP contribution is 2.33. The van der Waals surface area contributed by atoms with Gasteiger partial charge in [-0.05, 0) is 31.2 Å². The number of benzene rings is 2. The molecule has 7 heteroatoms. The molecule has 23 heavy (non-hydrogen) atoms. The Bertz CT molecular complexity index is 730. The van der Waals surface area contributed by atoms with E-state index in [1.54, 1.807) is 24.3 Å². The lowest BCUT2D eigenvalue weighted by atomic mass is 10.0. The van der Waals surface area contributed by atoms with Crippen LogP contribution in [-0.4, -0.2) is 5.71 Å². The smallest absolute Gasteiger partial charge is 0.391 e. The van der Waals surface area contributed by atoms with Crippen LogP contribution in [0.2, 0.25) is 10.0 Å². The van der Waals surface area contributed by atoms with E-state index in [0.717, 1.165) is 6.07 Å². The van der Waals surface area contributed by atoms with Crippen LogP contribution in [-0.2, 0) is 17.6 Å². The molecule has 0 atom stereocenters. The van der Waals surface area contributed by atoms with E-state index in [9.17, 15) is 13.2 Å². The van der Waals surface area contributed by atoms with Gasteiger partial charge in [-0.25, -0.2) is 0 Å². The molecule has 2 nitrogen and oxygen atoms in total. The van der Waals surface area contributed by atoms with Gasteiger partial charge in [0.25, 0.3) is 0 Å². The molecule has 2 aromatic carbocycles. The van der Waals surface area contributed by atoms with Crippen molar-refractivity contribution in [3.63, 3.8) is 0 Å². The first-order valence-electron chi connectivity index (χ1n) is 6.56. The minimum absolute atomic E-state index is 0.0545. The number of halogens is 5. The molecule has 0 aliphatic heterocycles. The summed E-state index contributed by atoms with van der Waals surface area (Å²) in [7, 11) is 0. The second-order valence-corrected chi connectivity index (χ2v) is 5.57. The van der Waals surface area contributed by atoms with E-state index in [-0.39, 0.29) is 22.9 Å². The summed E-state index contributed by atoms with van der Waals surface area (Å²) in [5, 5.41) is 4.43. The zero-order chi connectivity index (χ0) is 17.0. The van der Waals surface area contributed by atoms with Crippen LogP contribution >= 0.6 is 23.2 Å². The normalized spacial score (nSPS) is 12.3. The minimum Gasteiger partial charge on any atom is -0.391 e. The van der Waals surface area contributed by atoms with Crippen molar-refractivity contribution in [1.29, 1.82) is 0 Å². The molecule has 0 saturated carbocycles. The molecule has 0 saturated heterocycles. The highest BCUT2D eigenvalue weighted by atomic mass is 35.5. The first-order chi connectivity index (χ1) is 10.8. The van der Waals surface area contributed by atoms with Gasteiger partial charge in [0, 0.05) is 21.2 Å². The van der Waals surface area contributed by atoms with Crippen molar-refractivity contribution >= 4 is 28.9 Å². The number of nitrogens with zero attached hydrogens (tertiary/aromatic N) is 1. The van der Waals surface area contributed by atoms with Crippen molar-refractivity contribution < 1.29 is 18.0 Å².